The predicted molar refractivity (Wildman–Crippen MR) is 178 cm³/mol. The van der Waals surface area contributed by atoms with E-state index >= 15 is 0 Å². The predicted octanol–water partition coefficient (Wildman–Crippen LogP) is -0.0527. The number of ether oxygens (including phenoxy) is 1. The number of aromatic nitrogens is 5. The number of nitrogens with two attached hydrogens (primary N) is 1. The number of nitrogens with one attached hydrogen (secondary N) is 1. The minimum atomic E-state index is -5.47. The maximum atomic E-state index is 12.6. The van der Waals surface area contributed by atoms with Gasteiger partial charge in [-0.1, -0.05) is 47.6 Å². The Balaban J connectivity index is 0.000000500. The van der Waals surface area contributed by atoms with E-state index in [-0.39, 0.29) is 23.7 Å². The molecule has 1 unspecified atom stereocenters. The van der Waals surface area contributed by atoms with Gasteiger partial charge in [-0.15, -0.1) is 0 Å². The fourth-order valence-corrected chi connectivity index (χ4v) is 6.46. The average molecular weight is 737 g/mol. The first-order valence-electron chi connectivity index (χ1n) is 15.9. The molecule has 1 fully saturated rings. The summed E-state index contributed by atoms with van der Waals surface area (Å²) in [7, 11) is -10.9. The number of rotatable bonds is 14. The molecule has 0 bridgehead atoms. The van der Waals surface area contributed by atoms with E-state index in [1.807, 2.05) is 0 Å². The Morgan fingerprint density at radius 1 is 1.02 bits per heavy atom. The number of imidazole rings is 1. The molecule has 1 aliphatic rings. The summed E-state index contributed by atoms with van der Waals surface area (Å²) in [5, 5.41) is 20.9. The van der Waals surface area contributed by atoms with Gasteiger partial charge in [-0.05, 0) is 51.4 Å². The molecule has 3 aromatic rings. The lowest BCUT2D eigenvalue weighted by Gasteiger charge is -2.24. The molecule has 7 N–H and O–H groups in total. The molecule has 4 heterocycles. The number of aliphatic hydroxyl groups excluding tert-OH is 2. The van der Waals surface area contributed by atoms with E-state index in [4.69, 9.17) is 20.3 Å². The van der Waals surface area contributed by atoms with Crippen molar-refractivity contribution in [2.45, 2.75) is 72.6 Å². The summed E-state index contributed by atoms with van der Waals surface area (Å²) in [5.74, 6) is -0.235. The maximum Gasteiger partial charge on any atom is 0.476 e. The van der Waals surface area contributed by atoms with E-state index < -0.39 is 52.4 Å². The molecular weight excluding hydrogens is 686 g/mol. The minimum absolute atomic E-state index is 0.0145. The Morgan fingerprint density at radius 3 is 2.06 bits per heavy atom. The van der Waals surface area contributed by atoms with Crippen LogP contribution in [-0.2, 0) is 29.2 Å². The molecule has 1 aliphatic heterocycles. The Hall–Kier alpha value is -2.64. The molecule has 0 amide bonds. The van der Waals surface area contributed by atoms with Crippen LogP contribution in [0.15, 0.2) is 35.5 Å². The molecular formula is C28H50N8O11P2. The Kier molecular flexibility index (Phi) is 17.1. The number of aromatic amines is 1. The van der Waals surface area contributed by atoms with Crippen LogP contribution in [-0.4, -0.2) is 114 Å². The van der Waals surface area contributed by atoms with Gasteiger partial charge < -0.3 is 49.7 Å². The Labute approximate surface area is 285 Å². The van der Waals surface area contributed by atoms with Crippen molar-refractivity contribution in [3.8, 4) is 0 Å². The second-order valence-corrected chi connectivity index (χ2v) is 13.5. The number of fused-ring (bicyclic) bond motifs is 1. The molecule has 0 saturated carbocycles. The second-order valence-electron chi connectivity index (χ2n) is 10.7. The lowest BCUT2D eigenvalue weighted by molar-refractivity contribution is -0.664. The van der Waals surface area contributed by atoms with E-state index in [1.165, 1.54) is 54.7 Å². The van der Waals surface area contributed by atoms with E-state index in [0.29, 0.717) is 5.69 Å². The number of hydrogen-bond donors (Lipinski definition) is 6. The van der Waals surface area contributed by atoms with Crippen molar-refractivity contribution in [2.24, 2.45) is 0 Å². The molecule has 49 heavy (non-hydrogen) atoms. The molecule has 3 aromatic heterocycles. The van der Waals surface area contributed by atoms with Crippen LogP contribution in [0.5, 0.6) is 0 Å². The molecule has 278 valence electrons. The number of nitrogens with zero attached hydrogens (tertiary/aromatic N) is 6. The van der Waals surface area contributed by atoms with E-state index in [9.17, 15) is 29.0 Å². The molecule has 0 spiro atoms. The third-order valence-electron chi connectivity index (χ3n) is 7.65. The van der Waals surface area contributed by atoms with Crippen LogP contribution in [0.3, 0.4) is 0 Å². The van der Waals surface area contributed by atoms with Crippen LogP contribution in [0, 0.1) is 0 Å². The number of aliphatic hydroxyl groups is 2. The molecule has 4 rings (SSSR count). The number of pyridine rings is 1. The monoisotopic (exact) mass is 736 g/mol. The number of phosphoric acid groups is 2. The first-order chi connectivity index (χ1) is 23.0. The second kappa shape index (κ2) is 19.7. The van der Waals surface area contributed by atoms with Crippen molar-refractivity contribution in [3.63, 3.8) is 0 Å². The topological polar surface area (TPSA) is 266 Å². The van der Waals surface area contributed by atoms with E-state index in [0.717, 1.165) is 0 Å². The molecule has 5 atom stereocenters. The Bertz CT molecular complexity index is 1560. The molecule has 21 heteroatoms. The van der Waals surface area contributed by atoms with Gasteiger partial charge in [0.25, 0.3) is 19.0 Å². The van der Waals surface area contributed by atoms with Crippen LogP contribution in [0.4, 0.5) is 5.95 Å². The molecule has 0 aromatic carbocycles. The van der Waals surface area contributed by atoms with Gasteiger partial charge in [0.05, 0.1) is 12.3 Å². The van der Waals surface area contributed by atoms with Gasteiger partial charge in [0.15, 0.2) is 0 Å². The van der Waals surface area contributed by atoms with Gasteiger partial charge in [-0.2, -0.15) is 9.55 Å². The highest BCUT2D eigenvalue weighted by Gasteiger charge is 2.48. The normalized spacial score (nSPS) is 20.5. The van der Waals surface area contributed by atoms with Crippen molar-refractivity contribution in [1.29, 1.82) is 0 Å². The largest absolute Gasteiger partial charge is 0.756 e. The van der Waals surface area contributed by atoms with Crippen LogP contribution in [0.2, 0.25) is 0 Å². The van der Waals surface area contributed by atoms with Crippen LogP contribution < -0.4 is 20.8 Å². The summed E-state index contributed by atoms with van der Waals surface area (Å²) < 4.78 is 38.5. The third-order valence-corrected chi connectivity index (χ3v) is 9.76. The van der Waals surface area contributed by atoms with Crippen molar-refractivity contribution in [2.75, 3.05) is 51.6 Å². The zero-order valence-electron chi connectivity index (χ0n) is 28.7. The van der Waals surface area contributed by atoms with Crippen LogP contribution in [0.25, 0.3) is 11.2 Å². The molecule has 0 aliphatic carbocycles. The fourth-order valence-electron chi connectivity index (χ4n) is 4.90. The third kappa shape index (κ3) is 12.9. The quantitative estimate of drug-likeness (QED) is 0.0936. The molecule has 1 saturated heterocycles. The van der Waals surface area contributed by atoms with E-state index in [2.05, 4.69) is 75.1 Å². The summed E-state index contributed by atoms with van der Waals surface area (Å²) >= 11 is 0. The lowest BCUT2D eigenvalue weighted by Crippen LogP contribution is -2.37. The number of phosphoric ester groups is 1. The van der Waals surface area contributed by atoms with Gasteiger partial charge in [0.2, 0.25) is 18.5 Å². The van der Waals surface area contributed by atoms with Crippen molar-refractivity contribution in [3.05, 3.63) is 46.8 Å². The van der Waals surface area contributed by atoms with Gasteiger partial charge in [-0.25, -0.2) is 13.4 Å². The highest BCUT2D eigenvalue weighted by Crippen LogP contribution is 2.55. The maximum absolute atomic E-state index is 12.6. The Morgan fingerprint density at radius 2 is 1.59 bits per heavy atom. The SMILES string of the molecule is CCN(CC)CC.CCN(CC)CC.Nc1nc2c(c(=O)[nH]1)[n+](Cc1ccccn1)cn2[C@@H]1O[C@H](COP(=O)([O-])OP(=O)(O)O)[C@@H](O)[C@H]1O. The van der Waals surface area contributed by atoms with Crippen molar-refractivity contribution >= 4 is 32.8 Å². The van der Waals surface area contributed by atoms with Crippen molar-refractivity contribution in [1.82, 2.24) is 29.3 Å². The van der Waals surface area contributed by atoms with Crippen LogP contribution >= 0.6 is 15.6 Å². The first kappa shape index (κ1) is 42.5. The molecule has 19 nitrogen and oxygen atoms in total. The summed E-state index contributed by atoms with van der Waals surface area (Å²) in [6.45, 7) is 19.4. The zero-order valence-corrected chi connectivity index (χ0v) is 30.4. The smallest absolute Gasteiger partial charge is 0.476 e. The highest BCUT2D eigenvalue weighted by atomic mass is 31.3. The zero-order chi connectivity index (χ0) is 36.9. The lowest BCUT2D eigenvalue weighted by atomic mass is 10.1. The summed E-state index contributed by atoms with van der Waals surface area (Å²) in [6, 6.07) is 5.18. The summed E-state index contributed by atoms with van der Waals surface area (Å²) in [5.41, 5.74) is 5.69. The van der Waals surface area contributed by atoms with Crippen molar-refractivity contribution < 1.29 is 52.2 Å². The number of anilines is 1. The van der Waals surface area contributed by atoms with Gasteiger partial charge in [0.1, 0.15) is 24.9 Å². The standard InChI is InChI=1S/C16H20N6O11P2.2C6H15N/c17-16-19-13-10(14(25)20-16)21(5-8-3-1-2-4-18-8)7-22(13)15-12(24)11(23)9(32-15)6-31-35(29,30)33-34(26,27)28;2*1-4-7(5-2)6-3/h1-4,7,9,11-12,15,23-24H,5-6H2,(H5-,17,19,20,25,26,27,28,29,30);2*4-6H2,1-3H3/t9-,11-,12-,15-;;/m1../s1. The first-order valence-corrected chi connectivity index (χ1v) is 18.9. The fraction of sp³-hybridized carbons (Fsp3) is 0.643. The minimum Gasteiger partial charge on any atom is -0.756 e. The molecule has 0 radical (unpaired) electrons. The van der Waals surface area contributed by atoms with Crippen LogP contribution in [0.1, 0.15) is 53.5 Å². The van der Waals surface area contributed by atoms with Gasteiger partial charge >= 0.3 is 13.4 Å². The highest BCUT2D eigenvalue weighted by molar-refractivity contribution is 7.60. The number of hydrogen-bond acceptors (Lipinski definition) is 14. The van der Waals surface area contributed by atoms with Gasteiger partial charge in [0, 0.05) is 6.20 Å². The number of H-pyrrole nitrogens is 1. The number of nitrogen functional groups attached to an aromatic ring is 1. The summed E-state index contributed by atoms with van der Waals surface area (Å²) in [6.07, 6.45) is -3.27. The average Bonchev–Trinajstić information content (AvgIpc) is 3.53. The van der Waals surface area contributed by atoms with Gasteiger partial charge in [-0.3, -0.25) is 19.3 Å². The van der Waals surface area contributed by atoms with E-state index in [1.54, 1.807) is 24.4 Å². The summed E-state index contributed by atoms with van der Waals surface area (Å²) in [4.78, 5) is 56.9.